The molecule has 2 rings (SSSR count). The van der Waals surface area contributed by atoms with Gasteiger partial charge in [-0.1, -0.05) is 12.1 Å². The van der Waals surface area contributed by atoms with Crippen molar-refractivity contribution in [1.82, 2.24) is 9.97 Å². The molecular formula is C11H9BrN4O. The molecule has 0 aliphatic carbocycles. The largest absolute Gasteiger partial charge is 0.382 e. The van der Waals surface area contributed by atoms with E-state index in [4.69, 9.17) is 5.73 Å². The van der Waals surface area contributed by atoms with E-state index < -0.39 is 0 Å². The molecule has 0 aliphatic rings. The lowest BCUT2D eigenvalue weighted by Crippen LogP contribution is -2.14. The van der Waals surface area contributed by atoms with E-state index in [1.54, 1.807) is 6.07 Å². The number of amides is 1. The fraction of sp³-hybridized carbons (Fsp3) is 0. The first-order valence-electron chi connectivity index (χ1n) is 4.80. The van der Waals surface area contributed by atoms with Crippen molar-refractivity contribution in [1.29, 1.82) is 0 Å². The highest BCUT2D eigenvalue weighted by atomic mass is 79.9. The van der Waals surface area contributed by atoms with Gasteiger partial charge in [-0.15, -0.1) is 0 Å². The number of nitrogens with zero attached hydrogens (tertiary/aromatic N) is 2. The minimum Gasteiger partial charge on any atom is -0.382 e. The first-order valence-corrected chi connectivity index (χ1v) is 5.59. The molecule has 6 heteroatoms. The number of nitrogen functional groups attached to an aromatic ring is 1. The van der Waals surface area contributed by atoms with Crippen molar-refractivity contribution >= 4 is 33.3 Å². The molecule has 1 heterocycles. The van der Waals surface area contributed by atoms with Gasteiger partial charge in [0.1, 0.15) is 11.5 Å². The van der Waals surface area contributed by atoms with Crippen molar-refractivity contribution in [2.24, 2.45) is 0 Å². The van der Waals surface area contributed by atoms with Crippen LogP contribution >= 0.6 is 15.9 Å². The fourth-order valence-corrected chi connectivity index (χ4v) is 1.59. The summed E-state index contributed by atoms with van der Waals surface area (Å²) in [5.74, 6) is -0.0492. The molecule has 3 N–H and O–H groups in total. The molecule has 1 amide bonds. The Balaban J connectivity index is 2.17. The van der Waals surface area contributed by atoms with E-state index in [2.05, 4.69) is 31.2 Å². The number of hydrogen-bond donors (Lipinski definition) is 2. The van der Waals surface area contributed by atoms with Gasteiger partial charge < -0.3 is 11.1 Å². The lowest BCUT2D eigenvalue weighted by molar-refractivity contribution is 0.102. The molecule has 0 unspecified atom stereocenters. The Bertz CT molecular complexity index is 541. The zero-order valence-corrected chi connectivity index (χ0v) is 10.3. The molecule has 0 fully saturated rings. The summed E-state index contributed by atoms with van der Waals surface area (Å²) in [7, 11) is 0. The molecule has 86 valence electrons. The van der Waals surface area contributed by atoms with Crippen LogP contribution in [-0.4, -0.2) is 15.9 Å². The molecule has 0 atom stereocenters. The Morgan fingerprint density at radius 3 is 2.65 bits per heavy atom. The average Bonchev–Trinajstić information content (AvgIpc) is 2.33. The van der Waals surface area contributed by atoms with Gasteiger partial charge in [-0.05, 0) is 28.1 Å². The van der Waals surface area contributed by atoms with Crippen molar-refractivity contribution in [2.75, 3.05) is 11.1 Å². The summed E-state index contributed by atoms with van der Waals surface area (Å²) < 4.78 is 0.803. The van der Waals surface area contributed by atoms with E-state index in [0.29, 0.717) is 5.69 Å². The first-order chi connectivity index (χ1) is 8.16. The zero-order chi connectivity index (χ0) is 12.3. The van der Waals surface area contributed by atoms with Gasteiger partial charge in [0, 0.05) is 4.47 Å². The topological polar surface area (TPSA) is 80.9 Å². The zero-order valence-electron chi connectivity index (χ0n) is 8.72. The van der Waals surface area contributed by atoms with E-state index >= 15 is 0 Å². The maximum atomic E-state index is 11.8. The predicted octanol–water partition coefficient (Wildman–Crippen LogP) is 2.07. The quantitative estimate of drug-likeness (QED) is 0.888. The number of nitrogens with one attached hydrogen (secondary N) is 1. The van der Waals surface area contributed by atoms with Gasteiger partial charge in [0.25, 0.3) is 5.91 Å². The van der Waals surface area contributed by atoms with Gasteiger partial charge in [0.05, 0.1) is 18.1 Å². The van der Waals surface area contributed by atoms with Crippen LogP contribution in [0.15, 0.2) is 41.1 Å². The summed E-state index contributed by atoms with van der Waals surface area (Å²) in [6.45, 7) is 0. The van der Waals surface area contributed by atoms with E-state index in [1.807, 2.05) is 18.2 Å². The van der Waals surface area contributed by atoms with Crippen LogP contribution in [0.1, 0.15) is 10.5 Å². The van der Waals surface area contributed by atoms with Crippen LogP contribution in [0.4, 0.5) is 11.5 Å². The SMILES string of the molecule is Nc1cnc(C(=O)Nc2ccccc2Br)cn1. The highest BCUT2D eigenvalue weighted by Gasteiger charge is 2.09. The van der Waals surface area contributed by atoms with E-state index in [1.165, 1.54) is 12.4 Å². The molecule has 0 spiro atoms. The molecule has 0 aliphatic heterocycles. The highest BCUT2D eigenvalue weighted by Crippen LogP contribution is 2.21. The molecule has 17 heavy (non-hydrogen) atoms. The van der Waals surface area contributed by atoms with Crippen LogP contribution in [0.3, 0.4) is 0 Å². The third-order valence-corrected chi connectivity index (χ3v) is 2.72. The van der Waals surface area contributed by atoms with Gasteiger partial charge in [0.2, 0.25) is 0 Å². The summed E-state index contributed by atoms with van der Waals surface area (Å²) in [5.41, 5.74) is 6.29. The van der Waals surface area contributed by atoms with Gasteiger partial charge in [-0.3, -0.25) is 4.79 Å². The molecule has 1 aromatic carbocycles. The Morgan fingerprint density at radius 2 is 2.00 bits per heavy atom. The molecule has 0 radical (unpaired) electrons. The molecular weight excluding hydrogens is 284 g/mol. The van der Waals surface area contributed by atoms with Crippen LogP contribution in [0.2, 0.25) is 0 Å². The molecule has 1 aromatic heterocycles. The summed E-state index contributed by atoms with van der Waals surface area (Å²) in [6, 6.07) is 7.31. The summed E-state index contributed by atoms with van der Waals surface area (Å²) in [4.78, 5) is 19.5. The van der Waals surface area contributed by atoms with Gasteiger partial charge in [-0.25, -0.2) is 9.97 Å². The molecule has 0 saturated heterocycles. The number of halogens is 1. The van der Waals surface area contributed by atoms with Crippen LogP contribution < -0.4 is 11.1 Å². The maximum absolute atomic E-state index is 11.8. The standard InChI is InChI=1S/C11H9BrN4O/c12-7-3-1-2-4-8(7)16-11(17)9-5-15-10(13)6-14-9/h1-6H,(H2,13,15)(H,16,17). The normalized spacial score (nSPS) is 9.94. The third kappa shape index (κ3) is 2.79. The monoisotopic (exact) mass is 292 g/mol. The number of carbonyl (C=O) groups excluding carboxylic acids is 1. The van der Waals surface area contributed by atoms with Crippen molar-refractivity contribution in [3.63, 3.8) is 0 Å². The number of aromatic nitrogens is 2. The predicted molar refractivity (Wildman–Crippen MR) is 68.5 cm³/mol. The molecule has 0 saturated carbocycles. The average molecular weight is 293 g/mol. The van der Waals surface area contributed by atoms with Crippen LogP contribution in [-0.2, 0) is 0 Å². The van der Waals surface area contributed by atoms with Crippen molar-refractivity contribution in [3.8, 4) is 0 Å². The second-order valence-corrected chi connectivity index (χ2v) is 4.11. The first kappa shape index (κ1) is 11.5. The number of hydrogen-bond acceptors (Lipinski definition) is 4. The minimum atomic E-state index is -0.329. The number of benzene rings is 1. The van der Waals surface area contributed by atoms with E-state index in [0.717, 1.165) is 4.47 Å². The van der Waals surface area contributed by atoms with Crippen molar-refractivity contribution < 1.29 is 4.79 Å². The smallest absolute Gasteiger partial charge is 0.275 e. The van der Waals surface area contributed by atoms with E-state index in [-0.39, 0.29) is 17.4 Å². The molecule has 2 aromatic rings. The Morgan fingerprint density at radius 1 is 1.24 bits per heavy atom. The summed E-state index contributed by atoms with van der Waals surface area (Å²) in [5, 5.41) is 2.72. The van der Waals surface area contributed by atoms with Gasteiger partial charge >= 0.3 is 0 Å². The van der Waals surface area contributed by atoms with E-state index in [9.17, 15) is 4.79 Å². The summed E-state index contributed by atoms with van der Waals surface area (Å²) in [6.07, 6.45) is 2.68. The van der Waals surface area contributed by atoms with Crippen LogP contribution in [0.5, 0.6) is 0 Å². The molecule has 0 bridgehead atoms. The number of rotatable bonds is 2. The van der Waals surface area contributed by atoms with Crippen molar-refractivity contribution in [3.05, 3.63) is 46.8 Å². The van der Waals surface area contributed by atoms with Crippen molar-refractivity contribution in [2.45, 2.75) is 0 Å². The molecule has 5 nitrogen and oxygen atoms in total. The fourth-order valence-electron chi connectivity index (χ4n) is 1.20. The van der Waals surface area contributed by atoms with Gasteiger partial charge in [0.15, 0.2) is 0 Å². The van der Waals surface area contributed by atoms with Crippen LogP contribution in [0.25, 0.3) is 0 Å². The second-order valence-electron chi connectivity index (χ2n) is 3.26. The Kier molecular flexibility index (Phi) is 3.34. The van der Waals surface area contributed by atoms with Crippen LogP contribution in [0, 0.1) is 0 Å². The van der Waals surface area contributed by atoms with Gasteiger partial charge in [-0.2, -0.15) is 0 Å². The second kappa shape index (κ2) is 4.92. The number of nitrogens with two attached hydrogens (primary N) is 1. The number of anilines is 2. The Labute approximate surface area is 106 Å². The highest BCUT2D eigenvalue weighted by molar-refractivity contribution is 9.10. The lowest BCUT2D eigenvalue weighted by atomic mass is 10.3. The minimum absolute atomic E-state index is 0.218. The third-order valence-electron chi connectivity index (χ3n) is 2.03. The number of para-hydroxylation sites is 1. The Hall–Kier alpha value is -1.95. The number of carbonyl (C=O) groups is 1. The summed E-state index contributed by atoms with van der Waals surface area (Å²) >= 11 is 3.34. The maximum Gasteiger partial charge on any atom is 0.275 e. The lowest BCUT2D eigenvalue weighted by Gasteiger charge is -2.06.